The molecule has 0 radical (unpaired) electrons. The van der Waals surface area contributed by atoms with Crippen molar-refractivity contribution < 1.29 is 72.3 Å². The van der Waals surface area contributed by atoms with E-state index in [9.17, 15) is 49.2 Å². The maximum atomic E-state index is 14.0. The van der Waals surface area contributed by atoms with Gasteiger partial charge in [0.2, 0.25) is 0 Å². The zero-order valence-electron chi connectivity index (χ0n) is 76.0. The summed E-state index contributed by atoms with van der Waals surface area (Å²) in [5.41, 5.74) is 5.15. The molecular weight excluding hydrogens is 1550 g/mol. The van der Waals surface area contributed by atoms with Gasteiger partial charge in [-0.3, -0.25) is 28.8 Å². The molecule has 0 aliphatic carbocycles. The molecule has 3 aromatic heterocycles. The molecule has 1 unspecified atom stereocenters. The van der Waals surface area contributed by atoms with Gasteiger partial charge in [0.05, 0.1) is 98.8 Å². The summed E-state index contributed by atoms with van der Waals surface area (Å²) in [5.74, 6) is -4.25. The molecule has 0 spiro atoms. The SMILES string of the molecule is C/C1=C/C[C@@H](/C(C)=C/c2csc(C)n2)OC(=O)C[C@H](O)C(C)(C)C(=O)[C@H](C)C(O[Si](C)(C)C(C)(C)C)[C@@H](C)/C=C\C1.C/C1=C/C[C@@H](/C(C)=C/c2csc(C)n2)OC(=O)C[C@H](O)C(C)(C)C(=O)[C@H](C)[C@@H](O)[C@@H](C)/C=C\C1.C/C1=C/C[C@@H](/C(C)=C/c2csc(C)n2)OC(=O)C[C@H](O[Si](C)(C)C(C)(C)C)C(C)(C)C(=O)[C@H](C)[C@@H](O)[C@@H](C)/C=C\C1. The van der Waals surface area contributed by atoms with Crippen LogP contribution in [0.1, 0.15) is 256 Å². The highest BCUT2D eigenvalue weighted by molar-refractivity contribution is 7.10. The summed E-state index contributed by atoms with van der Waals surface area (Å²) >= 11 is 4.71. The van der Waals surface area contributed by atoms with E-state index in [1.807, 2.05) is 155 Å². The first-order chi connectivity index (χ1) is 53.3. The first-order valence-corrected chi connectivity index (χ1v) is 49.9. The van der Waals surface area contributed by atoms with Gasteiger partial charge in [-0.25, -0.2) is 15.0 Å². The van der Waals surface area contributed by atoms with Crippen molar-refractivity contribution in [3.63, 3.8) is 0 Å². The van der Waals surface area contributed by atoms with Gasteiger partial charge < -0.3 is 43.5 Å². The Morgan fingerprint density at radius 2 is 0.733 bits per heavy atom. The quantitative estimate of drug-likeness (QED) is 0.0636. The molecule has 0 bridgehead atoms. The van der Waals surface area contributed by atoms with Gasteiger partial charge in [-0.2, -0.15) is 0 Å². The lowest BCUT2D eigenvalue weighted by Gasteiger charge is -2.44. The number of carbonyl (C=O) groups is 6. The van der Waals surface area contributed by atoms with Crippen LogP contribution in [0.15, 0.2) is 104 Å². The minimum absolute atomic E-state index is 0.0128. The summed E-state index contributed by atoms with van der Waals surface area (Å²) in [4.78, 5) is 94.2. The maximum absolute atomic E-state index is 14.0. The Kier molecular flexibility index (Phi) is 39.0. The third-order valence-corrected chi connectivity index (χ3v) is 35.7. The molecule has 3 aliphatic heterocycles. The number of thiazole rings is 3. The molecule has 15 atom stereocenters. The number of aryl methyl sites for hydroxylation is 3. The topological polar surface area (TPSA) is 268 Å². The normalized spacial score (nSPS) is 30.7. The number of aromatic nitrogens is 3. The van der Waals surface area contributed by atoms with Crippen molar-refractivity contribution >= 4 is 104 Å². The van der Waals surface area contributed by atoms with E-state index in [1.165, 1.54) is 0 Å². The largest absolute Gasteiger partial charge is 0.457 e. The van der Waals surface area contributed by atoms with E-state index in [0.29, 0.717) is 32.1 Å². The van der Waals surface area contributed by atoms with Gasteiger partial charge in [0.25, 0.3) is 0 Å². The van der Waals surface area contributed by atoms with Crippen LogP contribution in [0.25, 0.3) is 18.2 Å². The second-order valence-electron chi connectivity index (χ2n) is 37.8. The van der Waals surface area contributed by atoms with Crippen LogP contribution in [0.2, 0.25) is 36.3 Å². The van der Waals surface area contributed by atoms with Gasteiger partial charge in [0.15, 0.2) is 16.6 Å². The number of esters is 3. The standard InChI is InChI=1S/2C33H53NO5SSi.C27H39NO5S/c1-21-14-13-15-22(2)30(36)24(4)31(37)33(9,10)28(39-41(11,12)32(6,7)8)19-29(35)38-27(17-16-21)23(3)18-26-20-40-25(5)34-26;1-21-14-13-15-22(2)30(39-41(11,12)32(6,7)8)24(4)31(37)33(9,10)28(35)19-29(36)38-27(17-16-21)23(3)18-26-20-40-25(5)34-26;1-16-9-8-10-17(2)25(31)19(4)26(32)27(6,7)23(29)14-24(30)33-22(12-11-16)18(3)13-21-15-34-20(5)28-21/h13,15-16,18,20,22,24,27-28,30,36H,14,17,19H2,1-12H3;13,15-16,18,20,22,24,27-28,30,35H,14,17,19H2,1-12H3;8,10-11,13,15,17,19,22-23,25,29,31H,9,12,14H2,1-7H3/b2*15-13-,21-16-,23-18+;10-8-,16-11-,18-13+/t22-,24+,27-,28-,30-;22-,24+,27-,28-,30?;17-,19+,22-,23-,25-/m000/s1. The van der Waals surface area contributed by atoms with Crippen molar-refractivity contribution in [3.05, 3.63) is 136 Å². The molecule has 18 nitrogen and oxygen atoms in total. The van der Waals surface area contributed by atoms with E-state index in [1.54, 1.807) is 75.6 Å². The Balaban J connectivity index is 0.000000368. The summed E-state index contributed by atoms with van der Waals surface area (Å²) in [5, 5.41) is 52.6. The molecule has 0 amide bonds. The van der Waals surface area contributed by atoms with Crippen LogP contribution >= 0.6 is 34.0 Å². The van der Waals surface area contributed by atoms with Crippen molar-refractivity contribution in [1.82, 2.24) is 15.0 Å². The third kappa shape index (κ3) is 30.4. The summed E-state index contributed by atoms with van der Waals surface area (Å²) in [7, 11) is -4.58. The van der Waals surface area contributed by atoms with Crippen molar-refractivity contribution in [2.45, 2.75) is 336 Å². The Bertz CT molecular complexity index is 4080. The van der Waals surface area contributed by atoms with Gasteiger partial charge in [0, 0.05) is 70.4 Å². The molecule has 23 heteroatoms. The van der Waals surface area contributed by atoms with Crippen LogP contribution in [-0.2, 0) is 51.8 Å². The summed E-state index contributed by atoms with van der Waals surface area (Å²) in [6.45, 7) is 61.0. The number of cyclic esters (lactones) is 3. The van der Waals surface area contributed by atoms with Crippen molar-refractivity contribution in [3.8, 4) is 0 Å². The van der Waals surface area contributed by atoms with Crippen LogP contribution in [0, 0.1) is 72.5 Å². The second kappa shape index (κ2) is 44.1. The van der Waals surface area contributed by atoms with E-state index in [-0.39, 0.29) is 70.5 Å². The predicted molar refractivity (Wildman–Crippen MR) is 481 cm³/mol. The number of allylic oxidation sites excluding steroid dienone is 6. The molecule has 3 aromatic rings. The average molecular weight is 1700 g/mol. The Labute approximate surface area is 710 Å². The van der Waals surface area contributed by atoms with Crippen LogP contribution in [-0.4, -0.2) is 142 Å². The lowest BCUT2D eigenvalue weighted by atomic mass is 9.73. The maximum Gasteiger partial charge on any atom is 0.309 e. The smallest absolute Gasteiger partial charge is 0.309 e. The van der Waals surface area contributed by atoms with E-state index >= 15 is 0 Å². The lowest BCUT2D eigenvalue weighted by Crippen LogP contribution is -2.52. The van der Waals surface area contributed by atoms with Gasteiger partial charge >= 0.3 is 17.9 Å². The number of rotatable bonds is 10. The molecule has 648 valence electrons. The second-order valence-corrected chi connectivity index (χ2v) is 50.5. The van der Waals surface area contributed by atoms with E-state index in [0.717, 1.165) is 72.0 Å². The number of ether oxygens (including phenoxy) is 3. The zero-order valence-corrected chi connectivity index (χ0v) is 80.5. The number of aliphatic hydroxyl groups is 4. The fourth-order valence-electron chi connectivity index (χ4n) is 13.6. The van der Waals surface area contributed by atoms with Gasteiger partial charge in [-0.05, 0) is 159 Å². The molecule has 3 aliphatic rings. The van der Waals surface area contributed by atoms with Crippen LogP contribution in [0.5, 0.6) is 0 Å². The highest BCUT2D eigenvalue weighted by Crippen LogP contribution is 2.45. The first kappa shape index (κ1) is 103. The molecular formula is C93H145N3O15S3Si2. The molecule has 0 saturated heterocycles. The Morgan fingerprint density at radius 3 is 1.03 bits per heavy atom. The minimum Gasteiger partial charge on any atom is -0.457 e. The van der Waals surface area contributed by atoms with Crippen molar-refractivity contribution in [1.29, 1.82) is 0 Å². The summed E-state index contributed by atoms with van der Waals surface area (Å²) in [6.07, 6.45) is 20.7. The predicted octanol–water partition coefficient (Wildman–Crippen LogP) is 21.2. The number of hydrogen-bond donors (Lipinski definition) is 4. The molecule has 0 saturated carbocycles. The number of ketones is 3. The molecule has 6 heterocycles. The van der Waals surface area contributed by atoms with E-state index < -0.39 is 117 Å². The Hall–Kier alpha value is -5.84. The van der Waals surface area contributed by atoms with Gasteiger partial charge in [0.1, 0.15) is 35.7 Å². The van der Waals surface area contributed by atoms with Crippen LogP contribution in [0.3, 0.4) is 0 Å². The van der Waals surface area contributed by atoms with Gasteiger partial charge in [-0.15, -0.1) is 34.0 Å². The summed E-state index contributed by atoms with van der Waals surface area (Å²) < 4.78 is 31.5. The van der Waals surface area contributed by atoms with Gasteiger partial charge in [-0.1, -0.05) is 196 Å². The number of nitrogens with zero attached hydrogens (tertiary/aromatic N) is 3. The Morgan fingerprint density at radius 1 is 0.448 bits per heavy atom. The monoisotopic (exact) mass is 1700 g/mol. The van der Waals surface area contributed by atoms with Crippen molar-refractivity contribution in [2.75, 3.05) is 0 Å². The first-order valence-electron chi connectivity index (χ1n) is 41.4. The third-order valence-electron chi connectivity index (χ3n) is 24.3. The fraction of sp³-hybridized carbons (Fsp3) is 0.645. The number of aliphatic hydroxyl groups excluding tert-OH is 4. The number of carbonyl (C=O) groups excluding carboxylic acids is 6. The summed E-state index contributed by atoms with van der Waals surface area (Å²) in [6, 6.07) is 0. The number of Topliss-reactive ketones (excluding diaryl/α,β-unsaturated/α-hetero) is 3. The van der Waals surface area contributed by atoms with Crippen LogP contribution < -0.4 is 0 Å². The molecule has 0 fully saturated rings. The number of hydrogen-bond acceptors (Lipinski definition) is 21. The molecule has 4 N–H and O–H groups in total. The zero-order chi connectivity index (χ0) is 88.3. The highest BCUT2D eigenvalue weighted by atomic mass is 32.1. The van der Waals surface area contributed by atoms with Crippen LogP contribution in [0.4, 0.5) is 0 Å². The van der Waals surface area contributed by atoms with E-state index in [2.05, 4.69) is 121 Å². The highest BCUT2D eigenvalue weighted by Gasteiger charge is 2.50. The lowest BCUT2D eigenvalue weighted by molar-refractivity contribution is -0.155. The molecule has 116 heavy (non-hydrogen) atoms. The van der Waals surface area contributed by atoms with Crippen molar-refractivity contribution in [2.24, 2.45) is 51.8 Å². The fourth-order valence-corrected chi connectivity index (χ4v) is 18.2. The average Bonchev–Trinajstić information content (AvgIpc) is 1.06. The molecule has 6 rings (SSSR count). The van der Waals surface area contributed by atoms with E-state index in [4.69, 9.17) is 23.1 Å². The molecule has 0 aromatic carbocycles. The minimum atomic E-state index is -2.37.